The van der Waals surface area contributed by atoms with Gasteiger partial charge in [-0.25, -0.2) is 0 Å². The summed E-state index contributed by atoms with van der Waals surface area (Å²) >= 11 is 3.60. The lowest BCUT2D eigenvalue weighted by Gasteiger charge is -2.43. The Morgan fingerprint density at radius 3 is 2.77 bits per heavy atom. The summed E-state index contributed by atoms with van der Waals surface area (Å²) in [6.45, 7) is 2.71. The van der Waals surface area contributed by atoms with Gasteiger partial charge in [-0.2, -0.15) is 5.10 Å². The molecule has 26 heavy (non-hydrogen) atoms. The smallest absolute Gasteiger partial charge is 0.191 e. The molecule has 5 nitrogen and oxygen atoms in total. The van der Waals surface area contributed by atoms with Crippen LogP contribution in [0.25, 0.3) is 0 Å². The summed E-state index contributed by atoms with van der Waals surface area (Å²) in [5, 5.41) is 11.1. The molecule has 7 heteroatoms. The fourth-order valence-corrected chi connectivity index (χ4v) is 3.74. The molecule has 142 valence electrons. The van der Waals surface area contributed by atoms with E-state index in [9.17, 15) is 0 Å². The van der Waals surface area contributed by atoms with E-state index in [1.807, 2.05) is 30.2 Å². The van der Waals surface area contributed by atoms with Crippen LogP contribution in [-0.2, 0) is 12.0 Å². The average molecular weight is 532 g/mol. The third-order valence-electron chi connectivity index (χ3n) is 4.98. The van der Waals surface area contributed by atoms with Crippen LogP contribution >= 0.6 is 39.9 Å². The molecule has 0 bridgehead atoms. The second kappa shape index (κ2) is 10.3. The highest BCUT2D eigenvalue weighted by Gasteiger charge is 2.38. The second-order valence-corrected chi connectivity index (χ2v) is 7.54. The van der Waals surface area contributed by atoms with Gasteiger partial charge in [0.25, 0.3) is 0 Å². The number of nitrogens with one attached hydrogen (secondary N) is 2. The molecule has 1 heterocycles. The van der Waals surface area contributed by atoms with Gasteiger partial charge in [0.15, 0.2) is 5.96 Å². The number of guanidine groups is 1. The van der Waals surface area contributed by atoms with Gasteiger partial charge in [0.2, 0.25) is 0 Å². The minimum atomic E-state index is 0. The molecular formula is C19H27BrIN5. The summed E-state index contributed by atoms with van der Waals surface area (Å²) in [4.78, 5) is 4.36. The lowest BCUT2D eigenvalue weighted by atomic mass is 9.64. The van der Waals surface area contributed by atoms with E-state index in [1.54, 1.807) is 0 Å². The Morgan fingerprint density at radius 2 is 2.15 bits per heavy atom. The molecule has 0 saturated heterocycles. The Bertz CT molecular complexity index is 698. The molecule has 0 atom stereocenters. The van der Waals surface area contributed by atoms with Crippen LogP contribution in [0.15, 0.2) is 52.2 Å². The van der Waals surface area contributed by atoms with Crippen molar-refractivity contribution in [3.8, 4) is 0 Å². The zero-order valence-electron chi connectivity index (χ0n) is 15.1. The number of rotatable bonds is 7. The number of hydrogen-bond acceptors (Lipinski definition) is 2. The van der Waals surface area contributed by atoms with Gasteiger partial charge in [-0.15, -0.1) is 24.0 Å². The fourth-order valence-electron chi connectivity index (χ4n) is 3.34. The van der Waals surface area contributed by atoms with Crippen molar-refractivity contribution in [3.05, 3.63) is 52.8 Å². The van der Waals surface area contributed by atoms with Crippen LogP contribution in [-0.4, -0.2) is 35.9 Å². The van der Waals surface area contributed by atoms with Crippen LogP contribution < -0.4 is 10.6 Å². The summed E-state index contributed by atoms with van der Waals surface area (Å²) in [6, 6.07) is 10.7. The standard InChI is InChI=1S/C19H26BrN5.HI/c1-21-18(22-10-4-12-25-13-5-11-24-25)23-15-19(8-3-9-19)16-6-2-7-17(20)14-16;/h2,5-7,11,13-14H,3-4,8-10,12,15H2,1H3,(H2,21,22,23);1H. The highest BCUT2D eigenvalue weighted by molar-refractivity contribution is 14.0. The van der Waals surface area contributed by atoms with Gasteiger partial charge in [-0.05, 0) is 43.0 Å². The molecule has 1 aliphatic rings. The molecule has 0 amide bonds. The number of aryl methyl sites for hydroxylation is 1. The predicted octanol–water partition coefficient (Wildman–Crippen LogP) is 3.94. The zero-order valence-corrected chi connectivity index (χ0v) is 19.0. The monoisotopic (exact) mass is 531 g/mol. The van der Waals surface area contributed by atoms with Crippen molar-refractivity contribution in [2.75, 3.05) is 20.1 Å². The van der Waals surface area contributed by atoms with E-state index >= 15 is 0 Å². The van der Waals surface area contributed by atoms with Gasteiger partial charge >= 0.3 is 0 Å². The molecule has 1 saturated carbocycles. The van der Waals surface area contributed by atoms with Crippen LogP contribution in [0.2, 0.25) is 0 Å². The van der Waals surface area contributed by atoms with Crippen molar-refractivity contribution in [3.63, 3.8) is 0 Å². The van der Waals surface area contributed by atoms with Gasteiger partial charge in [0.05, 0.1) is 0 Å². The van der Waals surface area contributed by atoms with E-state index in [1.165, 1.54) is 24.8 Å². The number of aromatic nitrogens is 2. The summed E-state index contributed by atoms with van der Waals surface area (Å²) in [5.41, 5.74) is 1.64. The maximum Gasteiger partial charge on any atom is 0.191 e. The molecule has 1 aliphatic carbocycles. The van der Waals surface area contributed by atoms with E-state index in [-0.39, 0.29) is 29.4 Å². The molecule has 0 spiro atoms. The first-order chi connectivity index (χ1) is 12.2. The first kappa shape index (κ1) is 21.2. The van der Waals surface area contributed by atoms with Gasteiger partial charge in [0.1, 0.15) is 0 Å². The fraction of sp³-hybridized carbons (Fsp3) is 0.474. The topological polar surface area (TPSA) is 54.2 Å². The molecule has 2 N–H and O–H groups in total. The second-order valence-electron chi connectivity index (χ2n) is 6.62. The molecule has 1 aromatic carbocycles. The van der Waals surface area contributed by atoms with Crippen molar-refractivity contribution < 1.29 is 0 Å². The molecular weight excluding hydrogens is 505 g/mol. The molecule has 1 aromatic heterocycles. The van der Waals surface area contributed by atoms with E-state index in [4.69, 9.17) is 0 Å². The average Bonchev–Trinajstić information content (AvgIpc) is 3.09. The first-order valence-corrected chi connectivity index (χ1v) is 9.69. The third-order valence-corrected chi connectivity index (χ3v) is 5.47. The quantitative estimate of drug-likeness (QED) is 0.246. The van der Waals surface area contributed by atoms with Crippen LogP contribution in [0.5, 0.6) is 0 Å². The largest absolute Gasteiger partial charge is 0.356 e. The third kappa shape index (κ3) is 5.45. The number of hydrogen-bond donors (Lipinski definition) is 2. The van der Waals surface area contributed by atoms with Crippen LogP contribution in [0.4, 0.5) is 0 Å². The maximum atomic E-state index is 4.36. The molecule has 0 unspecified atom stereocenters. The molecule has 1 fully saturated rings. The Hall–Kier alpha value is -1.09. The summed E-state index contributed by atoms with van der Waals surface area (Å²) in [7, 11) is 1.83. The van der Waals surface area contributed by atoms with E-state index < -0.39 is 0 Å². The first-order valence-electron chi connectivity index (χ1n) is 8.90. The number of nitrogens with zero attached hydrogens (tertiary/aromatic N) is 3. The van der Waals surface area contributed by atoms with Crippen molar-refractivity contribution in [1.29, 1.82) is 0 Å². The van der Waals surface area contributed by atoms with E-state index in [0.29, 0.717) is 0 Å². The van der Waals surface area contributed by atoms with E-state index in [2.05, 4.69) is 60.9 Å². The highest BCUT2D eigenvalue weighted by Crippen LogP contribution is 2.43. The molecule has 0 radical (unpaired) electrons. The molecule has 0 aliphatic heterocycles. The van der Waals surface area contributed by atoms with Crippen LogP contribution in [0, 0.1) is 0 Å². The SMILES string of the molecule is CN=C(NCCCn1cccn1)NCC1(c2cccc(Br)c2)CCC1.I. The summed E-state index contributed by atoms with van der Waals surface area (Å²) in [6.07, 6.45) is 8.57. The highest BCUT2D eigenvalue weighted by atomic mass is 127. The molecule has 3 rings (SSSR count). The zero-order chi connectivity index (χ0) is 17.5. The summed E-state index contributed by atoms with van der Waals surface area (Å²) in [5.74, 6) is 0.877. The summed E-state index contributed by atoms with van der Waals surface area (Å²) < 4.78 is 3.10. The Labute approximate surface area is 181 Å². The maximum absolute atomic E-state index is 4.36. The van der Waals surface area contributed by atoms with Gasteiger partial charge in [0, 0.05) is 49.0 Å². The van der Waals surface area contributed by atoms with Crippen molar-refractivity contribution >= 4 is 45.9 Å². The van der Waals surface area contributed by atoms with Crippen molar-refractivity contribution in [1.82, 2.24) is 20.4 Å². The Morgan fingerprint density at radius 1 is 1.31 bits per heavy atom. The van der Waals surface area contributed by atoms with Crippen LogP contribution in [0.3, 0.4) is 0 Å². The van der Waals surface area contributed by atoms with Crippen molar-refractivity contribution in [2.45, 2.75) is 37.6 Å². The van der Waals surface area contributed by atoms with E-state index in [0.717, 1.165) is 36.5 Å². The number of aliphatic imine (C=N–C) groups is 1. The lowest BCUT2D eigenvalue weighted by Crippen LogP contribution is -2.49. The molecule has 2 aromatic rings. The Balaban J connectivity index is 0.00000243. The van der Waals surface area contributed by atoms with Crippen molar-refractivity contribution in [2.24, 2.45) is 4.99 Å². The van der Waals surface area contributed by atoms with Gasteiger partial charge in [-0.3, -0.25) is 9.67 Å². The van der Waals surface area contributed by atoms with Gasteiger partial charge in [-0.1, -0.05) is 34.5 Å². The normalized spacial score (nSPS) is 15.7. The minimum absolute atomic E-state index is 0. The predicted molar refractivity (Wildman–Crippen MR) is 121 cm³/mol. The lowest BCUT2D eigenvalue weighted by molar-refractivity contribution is 0.243. The minimum Gasteiger partial charge on any atom is -0.356 e. The van der Waals surface area contributed by atoms with Crippen LogP contribution in [0.1, 0.15) is 31.2 Å². The number of benzene rings is 1. The Kier molecular flexibility index (Phi) is 8.40. The van der Waals surface area contributed by atoms with Gasteiger partial charge < -0.3 is 10.6 Å². The number of halogens is 2.